The summed E-state index contributed by atoms with van der Waals surface area (Å²) in [7, 11) is 0. The molecule has 0 aromatic rings. The smallest absolute Gasteiger partial charge is 0.312 e. The number of hydrogen-bond acceptors (Lipinski definition) is 6. The molecular formula is C32H49EuN5S+. The zero-order valence-electron chi connectivity index (χ0n) is 24.6. The minimum Gasteiger partial charge on any atom is -0.312 e. The van der Waals surface area contributed by atoms with E-state index in [2.05, 4.69) is 50.7 Å². The number of fused-ring (bicyclic) bond motifs is 4. The molecule has 4 aliphatic rings. The van der Waals surface area contributed by atoms with Gasteiger partial charge in [-0.15, -0.1) is 23.7 Å². The molecule has 5 atom stereocenters. The second-order valence-electron chi connectivity index (χ2n) is 12.3. The number of hydrogen-bond donors (Lipinski definition) is 0. The molecule has 0 amide bonds. The Morgan fingerprint density at radius 3 is 1.72 bits per heavy atom. The van der Waals surface area contributed by atoms with Gasteiger partial charge in [0.25, 0.3) is 0 Å². The molecule has 1 aliphatic heterocycles. The quantitative estimate of drug-likeness (QED) is 0.172. The van der Waals surface area contributed by atoms with Crippen molar-refractivity contribution in [2.45, 2.75) is 110 Å². The Bertz CT molecular complexity index is 958. The molecule has 4 bridgehead atoms. The Balaban J connectivity index is 0.00000420. The summed E-state index contributed by atoms with van der Waals surface area (Å²) in [5.74, 6) is 2.54. The SMILES string of the molecule is CC1=NCCN=C(C)C2[CH-]C(CCC2)C(C)=NC(CC2CCC(N=C=S)CC2)CN=C(C)C2[CH-]C1CCC2.[Eu+3]. The number of aliphatic imine (C=N–C) groups is 5. The molecule has 0 spiro atoms. The van der Waals surface area contributed by atoms with Crippen molar-refractivity contribution in [2.24, 2.45) is 54.6 Å². The van der Waals surface area contributed by atoms with Crippen molar-refractivity contribution in [3.63, 3.8) is 0 Å². The molecule has 3 saturated carbocycles. The Morgan fingerprint density at radius 2 is 1.21 bits per heavy atom. The van der Waals surface area contributed by atoms with Gasteiger partial charge in [0, 0.05) is 0 Å². The van der Waals surface area contributed by atoms with E-state index in [1.807, 2.05) is 0 Å². The van der Waals surface area contributed by atoms with E-state index in [1.165, 1.54) is 74.2 Å². The summed E-state index contributed by atoms with van der Waals surface area (Å²) in [6.45, 7) is 11.3. The fraction of sp³-hybridized carbons (Fsp3) is 0.781. The van der Waals surface area contributed by atoms with E-state index in [4.69, 9.17) is 32.2 Å². The van der Waals surface area contributed by atoms with Gasteiger partial charge < -0.3 is 12.8 Å². The van der Waals surface area contributed by atoms with Crippen molar-refractivity contribution in [1.82, 2.24) is 0 Å². The molecular weight excluding hydrogens is 638 g/mol. The molecule has 0 radical (unpaired) electrons. The number of isothiocyanates is 1. The Kier molecular flexibility index (Phi) is 14.8. The van der Waals surface area contributed by atoms with E-state index in [0.717, 1.165) is 38.9 Å². The summed E-state index contributed by atoms with van der Waals surface area (Å²) in [5, 5.41) is 2.60. The molecule has 0 aromatic heterocycles. The molecule has 39 heavy (non-hydrogen) atoms. The maximum absolute atomic E-state index is 5.42. The van der Waals surface area contributed by atoms with Gasteiger partial charge in [-0.25, -0.2) is 4.99 Å². The van der Waals surface area contributed by atoms with E-state index >= 15 is 0 Å². The van der Waals surface area contributed by atoms with Crippen LogP contribution in [0.1, 0.15) is 98.3 Å². The van der Waals surface area contributed by atoms with E-state index < -0.39 is 0 Å². The first kappa shape index (κ1) is 33.6. The van der Waals surface area contributed by atoms with Gasteiger partial charge in [0.1, 0.15) is 0 Å². The predicted octanol–water partition coefficient (Wildman–Crippen LogP) is 7.51. The Hall–Kier alpha value is 0.0644. The van der Waals surface area contributed by atoms with Crippen LogP contribution in [0, 0.1) is 91.8 Å². The fourth-order valence-corrected chi connectivity index (χ4v) is 7.18. The van der Waals surface area contributed by atoms with Gasteiger partial charge >= 0.3 is 49.4 Å². The van der Waals surface area contributed by atoms with Gasteiger partial charge in [-0.3, -0.25) is 20.0 Å². The van der Waals surface area contributed by atoms with Crippen LogP contribution in [0.4, 0.5) is 0 Å². The third-order valence-electron chi connectivity index (χ3n) is 9.55. The van der Waals surface area contributed by atoms with Gasteiger partial charge in [0.05, 0.1) is 36.9 Å². The summed E-state index contributed by atoms with van der Waals surface area (Å²) >= 11 is 4.85. The molecule has 0 saturated heterocycles. The molecule has 5 nitrogen and oxygen atoms in total. The van der Waals surface area contributed by atoms with Crippen LogP contribution in [0.3, 0.4) is 0 Å². The van der Waals surface area contributed by atoms with Crippen LogP contribution >= 0.6 is 12.2 Å². The zero-order valence-corrected chi connectivity index (χ0v) is 27.9. The van der Waals surface area contributed by atoms with Crippen molar-refractivity contribution < 1.29 is 49.4 Å². The number of nitrogens with zero attached hydrogens (tertiary/aromatic N) is 5. The van der Waals surface area contributed by atoms with Crippen molar-refractivity contribution in [3.05, 3.63) is 12.8 Å². The van der Waals surface area contributed by atoms with E-state index in [0.29, 0.717) is 35.6 Å². The molecule has 1 heterocycles. The molecule has 7 heteroatoms. The largest absolute Gasteiger partial charge is 3.00 e. The molecule has 3 aliphatic carbocycles. The van der Waals surface area contributed by atoms with Gasteiger partial charge in [-0.2, -0.15) is 0 Å². The maximum Gasteiger partial charge on any atom is 3.00 e. The van der Waals surface area contributed by atoms with Crippen LogP contribution in [0.5, 0.6) is 0 Å². The average molecular weight is 688 g/mol. The Morgan fingerprint density at radius 1 is 0.718 bits per heavy atom. The minimum absolute atomic E-state index is 0. The third kappa shape index (κ3) is 10.4. The molecule has 214 valence electrons. The molecule has 3 fully saturated rings. The van der Waals surface area contributed by atoms with Crippen LogP contribution in [0.25, 0.3) is 0 Å². The second-order valence-corrected chi connectivity index (χ2v) is 12.4. The number of rotatable bonds is 3. The summed E-state index contributed by atoms with van der Waals surface area (Å²) in [4.78, 5) is 24.9. The van der Waals surface area contributed by atoms with Crippen molar-refractivity contribution >= 4 is 40.2 Å². The first-order valence-electron chi connectivity index (χ1n) is 15.3. The Labute approximate surface area is 284 Å². The van der Waals surface area contributed by atoms with Crippen LogP contribution in [0.15, 0.2) is 25.0 Å². The van der Waals surface area contributed by atoms with Gasteiger partial charge in [0.15, 0.2) is 0 Å². The fourth-order valence-electron chi connectivity index (χ4n) is 7.03. The summed E-state index contributed by atoms with van der Waals surface area (Å²) in [5.41, 5.74) is 5.12. The van der Waals surface area contributed by atoms with Crippen LogP contribution in [-0.2, 0) is 0 Å². The summed E-state index contributed by atoms with van der Waals surface area (Å²) in [6, 6.07) is 0.630. The standard InChI is InChI=1S/C32H49N5S.Eu/c1-22-27-7-5-9-29(18-27)24(3)35-20-32(17-26-11-13-31(14-12-26)36-21-38)37-25(4)30-10-6-8-28(19-30)23(2)34-16-15-33-22;/h18-19,26-32H,5-17,20H2,1-4H3;/q-2;+3. The maximum atomic E-state index is 5.42. The monoisotopic (exact) mass is 688 g/mol. The van der Waals surface area contributed by atoms with Crippen LogP contribution in [0.2, 0.25) is 0 Å². The minimum atomic E-state index is 0. The van der Waals surface area contributed by atoms with Gasteiger partial charge in [0.2, 0.25) is 0 Å². The van der Waals surface area contributed by atoms with Crippen LogP contribution in [-0.4, -0.2) is 59.7 Å². The van der Waals surface area contributed by atoms with Crippen molar-refractivity contribution in [1.29, 1.82) is 0 Å². The van der Waals surface area contributed by atoms with Crippen molar-refractivity contribution in [2.75, 3.05) is 19.6 Å². The van der Waals surface area contributed by atoms with Crippen molar-refractivity contribution in [3.8, 4) is 0 Å². The molecule has 5 unspecified atom stereocenters. The first-order valence-corrected chi connectivity index (χ1v) is 15.7. The first-order chi connectivity index (χ1) is 18.4. The average Bonchev–Trinajstić information content (AvgIpc) is 2.94. The van der Waals surface area contributed by atoms with E-state index in [1.54, 1.807) is 0 Å². The third-order valence-corrected chi connectivity index (χ3v) is 9.66. The van der Waals surface area contributed by atoms with Gasteiger partial charge in [-0.1, -0.05) is 38.5 Å². The van der Waals surface area contributed by atoms with E-state index in [-0.39, 0.29) is 55.4 Å². The second kappa shape index (κ2) is 17.2. The molecule has 4 rings (SSSR count). The predicted molar refractivity (Wildman–Crippen MR) is 166 cm³/mol. The molecule has 0 aromatic carbocycles. The zero-order chi connectivity index (χ0) is 26.9. The molecule has 0 N–H and O–H groups in total. The summed E-state index contributed by atoms with van der Waals surface area (Å²) in [6.07, 6.45) is 18.2. The normalized spacial score (nSPS) is 34.9. The summed E-state index contributed by atoms with van der Waals surface area (Å²) < 4.78 is 0. The van der Waals surface area contributed by atoms with Gasteiger partial charge in [-0.05, 0) is 101 Å². The topological polar surface area (TPSA) is 61.8 Å². The van der Waals surface area contributed by atoms with Crippen LogP contribution < -0.4 is 0 Å². The number of thiocarbonyl (C=S) groups is 1. The van der Waals surface area contributed by atoms with E-state index in [9.17, 15) is 0 Å².